The van der Waals surface area contributed by atoms with Crippen LogP contribution in [-0.2, 0) is 16.0 Å². The van der Waals surface area contributed by atoms with Crippen LogP contribution in [0.1, 0.15) is 39.7 Å². The lowest BCUT2D eigenvalue weighted by Gasteiger charge is -2.28. The highest BCUT2D eigenvalue weighted by atomic mass is 16.6. The maximum absolute atomic E-state index is 12.8. The molecule has 0 fully saturated rings. The minimum atomic E-state index is -0.565. The van der Waals surface area contributed by atoms with E-state index in [0.717, 1.165) is 35.5 Å². The Hall–Kier alpha value is -3.02. The van der Waals surface area contributed by atoms with E-state index in [4.69, 9.17) is 4.74 Å². The quantitative estimate of drug-likeness (QED) is 0.785. The first-order valence-electron chi connectivity index (χ1n) is 10.5. The molecule has 0 saturated carbocycles. The molecule has 1 aliphatic heterocycles. The molecule has 2 amide bonds. The Balaban J connectivity index is 1.79. The van der Waals surface area contributed by atoms with E-state index < -0.39 is 5.60 Å². The molecule has 0 aliphatic carbocycles. The fourth-order valence-corrected chi connectivity index (χ4v) is 3.60. The van der Waals surface area contributed by atoms with E-state index >= 15 is 0 Å². The molecule has 0 spiro atoms. The standard InChI is InChI=1S/C24H31N3O3/c1-5-18-11-6-7-12-19(18)25-22(28)17-26-15-10-16-27(23(29)30-24(2,3)4)21-14-9-8-13-20(21)26/h6-9,11-14H,5,10,15-17H2,1-4H3,(H,25,28). The summed E-state index contributed by atoms with van der Waals surface area (Å²) in [4.78, 5) is 29.3. The van der Waals surface area contributed by atoms with Gasteiger partial charge in [-0.25, -0.2) is 4.79 Å². The normalized spacial score (nSPS) is 14.0. The lowest BCUT2D eigenvalue weighted by atomic mass is 10.1. The van der Waals surface area contributed by atoms with Gasteiger partial charge in [0, 0.05) is 18.8 Å². The van der Waals surface area contributed by atoms with Crippen molar-refractivity contribution in [3.8, 4) is 0 Å². The van der Waals surface area contributed by atoms with Crippen molar-refractivity contribution in [2.45, 2.75) is 46.1 Å². The average molecular weight is 410 g/mol. The number of carbonyl (C=O) groups is 2. The molecule has 6 nitrogen and oxygen atoms in total. The number of fused-ring (bicyclic) bond motifs is 1. The van der Waals surface area contributed by atoms with Crippen LogP contribution >= 0.6 is 0 Å². The Bertz CT molecular complexity index is 905. The SMILES string of the molecule is CCc1ccccc1NC(=O)CN1CCCN(C(=O)OC(C)(C)C)c2ccccc21. The molecule has 0 unspecified atom stereocenters. The molecule has 0 bridgehead atoms. The van der Waals surface area contributed by atoms with Crippen LogP contribution in [0, 0.1) is 0 Å². The number of nitrogens with zero attached hydrogens (tertiary/aromatic N) is 2. The summed E-state index contributed by atoms with van der Waals surface area (Å²) in [6.07, 6.45) is 1.23. The van der Waals surface area contributed by atoms with Gasteiger partial charge in [-0.3, -0.25) is 9.69 Å². The maximum atomic E-state index is 12.8. The topological polar surface area (TPSA) is 61.9 Å². The van der Waals surface area contributed by atoms with Crippen molar-refractivity contribution in [3.05, 3.63) is 54.1 Å². The van der Waals surface area contributed by atoms with Crippen molar-refractivity contribution in [1.82, 2.24) is 0 Å². The van der Waals surface area contributed by atoms with Crippen LogP contribution < -0.4 is 15.1 Å². The van der Waals surface area contributed by atoms with Crippen molar-refractivity contribution in [1.29, 1.82) is 0 Å². The van der Waals surface area contributed by atoms with E-state index in [-0.39, 0.29) is 18.5 Å². The van der Waals surface area contributed by atoms with Gasteiger partial charge in [0.25, 0.3) is 0 Å². The summed E-state index contributed by atoms with van der Waals surface area (Å²) < 4.78 is 5.60. The maximum Gasteiger partial charge on any atom is 0.414 e. The van der Waals surface area contributed by atoms with Gasteiger partial charge in [-0.15, -0.1) is 0 Å². The highest BCUT2D eigenvalue weighted by Gasteiger charge is 2.29. The molecule has 0 aromatic heterocycles. The van der Waals surface area contributed by atoms with Crippen LogP contribution in [0.5, 0.6) is 0 Å². The van der Waals surface area contributed by atoms with Gasteiger partial charge < -0.3 is 15.0 Å². The van der Waals surface area contributed by atoms with E-state index in [2.05, 4.69) is 12.2 Å². The highest BCUT2D eigenvalue weighted by molar-refractivity contribution is 5.97. The largest absolute Gasteiger partial charge is 0.443 e. The van der Waals surface area contributed by atoms with Crippen LogP contribution in [0.15, 0.2) is 48.5 Å². The van der Waals surface area contributed by atoms with E-state index in [1.54, 1.807) is 4.90 Å². The fraction of sp³-hybridized carbons (Fsp3) is 0.417. The van der Waals surface area contributed by atoms with Crippen LogP contribution in [0.25, 0.3) is 0 Å². The van der Waals surface area contributed by atoms with Crippen LogP contribution in [0.2, 0.25) is 0 Å². The molecule has 0 radical (unpaired) electrons. The summed E-state index contributed by atoms with van der Waals surface area (Å²) in [5, 5.41) is 3.04. The summed E-state index contributed by atoms with van der Waals surface area (Å²) in [5.41, 5.74) is 3.03. The lowest BCUT2D eigenvalue weighted by Crippen LogP contribution is -2.37. The van der Waals surface area contributed by atoms with Crippen LogP contribution in [0.3, 0.4) is 0 Å². The first-order chi connectivity index (χ1) is 14.3. The van der Waals surface area contributed by atoms with Crippen molar-refractivity contribution in [2.24, 2.45) is 0 Å². The number of nitrogens with one attached hydrogen (secondary N) is 1. The van der Waals surface area contributed by atoms with E-state index in [1.807, 2.05) is 74.2 Å². The number of anilines is 3. The molecule has 6 heteroatoms. The van der Waals surface area contributed by atoms with Crippen molar-refractivity contribution in [3.63, 3.8) is 0 Å². The molecule has 1 aliphatic rings. The third-order valence-electron chi connectivity index (χ3n) is 4.94. The minimum absolute atomic E-state index is 0.0728. The number of benzene rings is 2. The van der Waals surface area contributed by atoms with Gasteiger partial charge in [0.1, 0.15) is 5.60 Å². The predicted molar refractivity (Wildman–Crippen MR) is 121 cm³/mol. The zero-order chi connectivity index (χ0) is 21.7. The summed E-state index contributed by atoms with van der Waals surface area (Å²) >= 11 is 0. The van der Waals surface area contributed by atoms with Gasteiger partial charge >= 0.3 is 6.09 Å². The van der Waals surface area contributed by atoms with Gasteiger partial charge in [-0.05, 0) is 57.4 Å². The molecule has 1 N–H and O–H groups in total. The third kappa shape index (κ3) is 5.32. The number of ether oxygens (including phenoxy) is 1. The molecule has 2 aromatic rings. The molecule has 0 saturated heterocycles. The fourth-order valence-electron chi connectivity index (χ4n) is 3.60. The monoisotopic (exact) mass is 409 g/mol. The van der Waals surface area contributed by atoms with Gasteiger partial charge in [-0.2, -0.15) is 0 Å². The Morgan fingerprint density at radius 2 is 1.67 bits per heavy atom. The molecule has 2 aromatic carbocycles. The van der Waals surface area contributed by atoms with Crippen LogP contribution in [0.4, 0.5) is 21.9 Å². The number of hydrogen-bond donors (Lipinski definition) is 1. The number of amides is 2. The second kappa shape index (κ2) is 9.20. The first-order valence-corrected chi connectivity index (χ1v) is 10.5. The molecule has 0 atom stereocenters. The van der Waals surface area contributed by atoms with E-state index in [9.17, 15) is 9.59 Å². The number of aryl methyl sites for hydroxylation is 1. The van der Waals surface area contributed by atoms with Crippen molar-refractivity contribution < 1.29 is 14.3 Å². The Morgan fingerprint density at radius 3 is 2.37 bits per heavy atom. The smallest absolute Gasteiger partial charge is 0.414 e. The van der Waals surface area contributed by atoms with Gasteiger partial charge in [0.05, 0.1) is 17.9 Å². The van der Waals surface area contributed by atoms with Crippen molar-refractivity contribution in [2.75, 3.05) is 34.8 Å². The van der Waals surface area contributed by atoms with Gasteiger partial charge in [0.2, 0.25) is 5.91 Å². The summed E-state index contributed by atoms with van der Waals surface area (Å²) in [6.45, 7) is 9.10. The Kier molecular flexibility index (Phi) is 6.65. The number of rotatable bonds is 4. The molecule has 160 valence electrons. The molecule has 1 heterocycles. The summed E-state index contributed by atoms with van der Waals surface area (Å²) in [5.74, 6) is -0.0728. The molecule has 3 rings (SSSR count). The highest BCUT2D eigenvalue weighted by Crippen LogP contribution is 2.33. The number of para-hydroxylation sites is 3. The lowest BCUT2D eigenvalue weighted by molar-refractivity contribution is -0.115. The van der Waals surface area contributed by atoms with Gasteiger partial charge in [-0.1, -0.05) is 37.3 Å². The molecular weight excluding hydrogens is 378 g/mol. The van der Waals surface area contributed by atoms with Gasteiger partial charge in [0.15, 0.2) is 0 Å². The Labute approximate surface area is 178 Å². The minimum Gasteiger partial charge on any atom is -0.443 e. The van der Waals surface area contributed by atoms with E-state index in [0.29, 0.717) is 13.1 Å². The second-order valence-corrected chi connectivity index (χ2v) is 8.45. The zero-order valence-corrected chi connectivity index (χ0v) is 18.3. The molecular formula is C24H31N3O3. The predicted octanol–water partition coefficient (Wildman–Crippen LogP) is 4.84. The van der Waals surface area contributed by atoms with Crippen molar-refractivity contribution >= 4 is 29.1 Å². The first kappa shape index (κ1) is 21.7. The zero-order valence-electron chi connectivity index (χ0n) is 18.3. The second-order valence-electron chi connectivity index (χ2n) is 8.45. The van der Waals surface area contributed by atoms with Crippen LogP contribution in [-0.4, -0.2) is 37.2 Å². The number of carbonyl (C=O) groups excluding carboxylic acids is 2. The molecule has 30 heavy (non-hydrogen) atoms. The van der Waals surface area contributed by atoms with E-state index in [1.165, 1.54) is 0 Å². The Morgan fingerprint density at radius 1 is 1.00 bits per heavy atom. The summed E-state index contributed by atoms with van der Waals surface area (Å²) in [7, 11) is 0. The third-order valence-corrected chi connectivity index (χ3v) is 4.94. The average Bonchev–Trinajstić information content (AvgIpc) is 2.87. The number of hydrogen-bond acceptors (Lipinski definition) is 4. The summed E-state index contributed by atoms with van der Waals surface area (Å²) in [6, 6.07) is 15.5.